The van der Waals surface area contributed by atoms with Gasteiger partial charge in [-0.25, -0.2) is 0 Å². The second kappa shape index (κ2) is 4.19. The number of nitrogens with one attached hydrogen (secondary N) is 1. The number of hydrogen-bond acceptors (Lipinski definition) is 3. The Morgan fingerprint density at radius 2 is 2.42 bits per heavy atom. The van der Waals surface area contributed by atoms with Crippen LogP contribution in [-0.2, 0) is 4.74 Å². The van der Waals surface area contributed by atoms with Crippen LogP contribution in [0.25, 0.3) is 0 Å². The molecule has 68 valence electrons. The van der Waals surface area contributed by atoms with Crippen LogP contribution in [0, 0.1) is 0 Å². The molecule has 1 atom stereocenters. The first-order chi connectivity index (χ1) is 5.95. The van der Waals surface area contributed by atoms with Crippen LogP contribution in [0.5, 0.6) is 0 Å². The zero-order valence-electron chi connectivity index (χ0n) is 7.16. The SMILES string of the molecule is C1=COC(CNC2CSC2)CC1. The van der Waals surface area contributed by atoms with E-state index in [1.807, 2.05) is 18.0 Å². The van der Waals surface area contributed by atoms with Crippen LogP contribution in [0.4, 0.5) is 0 Å². The molecule has 1 N–H and O–H groups in total. The van der Waals surface area contributed by atoms with Crippen LogP contribution in [0.3, 0.4) is 0 Å². The third-order valence-electron chi connectivity index (χ3n) is 2.29. The van der Waals surface area contributed by atoms with Gasteiger partial charge in [-0.05, 0) is 18.9 Å². The van der Waals surface area contributed by atoms with Gasteiger partial charge in [0.1, 0.15) is 6.10 Å². The van der Waals surface area contributed by atoms with E-state index in [0.717, 1.165) is 12.6 Å². The summed E-state index contributed by atoms with van der Waals surface area (Å²) in [6.07, 6.45) is 6.69. The van der Waals surface area contributed by atoms with E-state index >= 15 is 0 Å². The summed E-state index contributed by atoms with van der Waals surface area (Å²) in [5.74, 6) is 2.56. The average molecular weight is 185 g/mol. The van der Waals surface area contributed by atoms with E-state index in [2.05, 4.69) is 11.4 Å². The number of ether oxygens (including phenoxy) is 1. The molecule has 1 fully saturated rings. The highest BCUT2D eigenvalue weighted by Gasteiger charge is 2.19. The Bertz CT molecular complexity index is 168. The van der Waals surface area contributed by atoms with Crippen LogP contribution in [-0.4, -0.2) is 30.2 Å². The zero-order chi connectivity index (χ0) is 8.23. The Morgan fingerprint density at radius 3 is 3.00 bits per heavy atom. The molecule has 0 aromatic rings. The third kappa shape index (κ3) is 2.17. The molecule has 0 amide bonds. The van der Waals surface area contributed by atoms with Crippen LogP contribution >= 0.6 is 11.8 Å². The van der Waals surface area contributed by atoms with E-state index in [9.17, 15) is 0 Å². The second-order valence-corrected chi connectivity index (χ2v) is 4.42. The fraction of sp³-hybridized carbons (Fsp3) is 0.778. The van der Waals surface area contributed by atoms with Gasteiger partial charge in [0, 0.05) is 24.1 Å². The molecule has 0 aliphatic carbocycles. The standard InChI is InChI=1S/C9H15NOS/c1-2-4-11-9(3-1)5-10-8-6-12-7-8/h2,4,8-10H,1,3,5-7H2. The van der Waals surface area contributed by atoms with Crippen molar-refractivity contribution in [3.63, 3.8) is 0 Å². The minimum Gasteiger partial charge on any atom is -0.497 e. The molecule has 1 saturated heterocycles. The number of rotatable bonds is 3. The maximum Gasteiger partial charge on any atom is 0.110 e. The van der Waals surface area contributed by atoms with Gasteiger partial charge >= 0.3 is 0 Å². The van der Waals surface area contributed by atoms with E-state index in [0.29, 0.717) is 6.10 Å². The Balaban J connectivity index is 1.62. The summed E-state index contributed by atoms with van der Waals surface area (Å²) in [6.45, 7) is 1.02. The molecule has 2 aliphatic heterocycles. The molecule has 1 unspecified atom stereocenters. The molecule has 0 radical (unpaired) electrons. The molecule has 2 nitrogen and oxygen atoms in total. The lowest BCUT2D eigenvalue weighted by atomic mass is 10.1. The van der Waals surface area contributed by atoms with Gasteiger partial charge in [0.25, 0.3) is 0 Å². The maximum atomic E-state index is 5.45. The first-order valence-corrected chi connectivity index (χ1v) is 5.72. The molecule has 0 aromatic carbocycles. The molecule has 0 saturated carbocycles. The van der Waals surface area contributed by atoms with Gasteiger partial charge in [-0.2, -0.15) is 11.8 Å². The summed E-state index contributed by atoms with van der Waals surface area (Å²) in [4.78, 5) is 0. The van der Waals surface area contributed by atoms with Crippen LogP contribution in [0.15, 0.2) is 12.3 Å². The minimum atomic E-state index is 0.417. The monoisotopic (exact) mass is 185 g/mol. The normalized spacial score (nSPS) is 29.5. The maximum absolute atomic E-state index is 5.45. The fourth-order valence-electron chi connectivity index (χ4n) is 1.39. The molecule has 0 aromatic heterocycles. The summed E-state index contributed by atoms with van der Waals surface area (Å²) >= 11 is 2.01. The molecule has 2 heterocycles. The van der Waals surface area contributed by atoms with Gasteiger partial charge < -0.3 is 10.1 Å². The molecule has 3 heteroatoms. The lowest BCUT2D eigenvalue weighted by Crippen LogP contribution is -2.44. The van der Waals surface area contributed by atoms with Crippen molar-refractivity contribution in [3.8, 4) is 0 Å². The van der Waals surface area contributed by atoms with Crippen LogP contribution in [0.1, 0.15) is 12.8 Å². The van der Waals surface area contributed by atoms with E-state index < -0.39 is 0 Å². The highest BCUT2D eigenvalue weighted by atomic mass is 32.2. The fourth-order valence-corrected chi connectivity index (χ4v) is 2.09. The predicted molar refractivity (Wildman–Crippen MR) is 52.4 cm³/mol. The molecule has 0 spiro atoms. The van der Waals surface area contributed by atoms with Crippen molar-refractivity contribution in [3.05, 3.63) is 12.3 Å². The number of thioether (sulfide) groups is 1. The Morgan fingerprint density at radius 1 is 1.50 bits per heavy atom. The molecular formula is C9H15NOS. The van der Waals surface area contributed by atoms with Crippen LogP contribution < -0.4 is 5.32 Å². The summed E-state index contributed by atoms with van der Waals surface area (Å²) in [5.41, 5.74) is 0. The lowest BCUT2D eigenvalue weighted by Gasteiger charge is -2.28. The highest BCUT2D eigenvalue weighted by molar-refractivity contribution is 8.00. The Labute approximate surface area is 77.7 Å². The zero-order valence-corrected chi connectivity index (χ0v) is 7.98. The minimum absolute atomic E-state index is 0.417. The molecule has 2 rings (SSSR count). The Kier molecular flexibility index (Phi) is 2.95. The summed E-state index contributed by atoms with van der Waals surface area (Å²) in [5, 5.41) is 3.51. The van der Waals surface area contributed by atoms with Gasteiger partial charge in [0.15, 0.2) is 0 Å². The van der Waals surface area contributed by atoms with Crippen molar-refractivity contribution in [1.29, 1.82) is 0 Å². The summed E-state index contributed by atoms with van der Waals surface area (Å²) in [7, 11) is 0. The first-order valence-electron chi connectivity index (χ1n) is 4.57. The average Bonchev–Trinajstić information content (AvgIpc) is 2.04. The van der Waals surface area contributed by atoms with Crippen molar-refractivity contribution in [2.45, 2.75) is 25.0 Å². The van der Waals surface area contributed by atoms with E-state index in [-0.39, 0.29) is 0 Å². The quantitative estimate of drug-likeness (QED) is 0.718. The molecule has 0 bridgehead atoms. The highest BCUT2D eigenvalue weighted by Crippen LogP contribution is 2.17. The summed E-state index contributed by atoms with van der Waals surface area (Å²) < 4.78 is 5.45. The van der Waals surface area contributed by atoms with Gasteiger partial charge in [-0.3, -0.25) is 0 Å². The smallest absolute Gasteiger partial charge is 0.110 e. The van der Waals surface area contributed by atoms with Gasteiger partial charge in [0.2, 0.25) is 0 Å². The van der Waals surface area contributed by atoms with E-state index in [1.54, 1.807) is 0 Å². The number of hydrogen-bond donors (Lipinski definition) is 1. The molecule has 2 aliphatic rings. The van der Waals surface area contributed by atoms with Gasteiger partial charge in [-0.15, -0.1) is 0 Å². The topological polar surface area (TPSA) is 21.3 Å². The van der Waals surface area contributed by atoms with Crippen molar-refractivity contribution in [1.82, 2.24) is 5.32 Å². The van der Waals surface area contributed by atoms with Crippen molar-refractivity contribution < 1.29 is 4.74 Å². The van der Waals surface area contributed by atoms with Crippen molar-refractivity contribution in [2.75, 3.05) is 18.1 Å². The van der Waals surface area contributed by atoms with Crippen molar-refractivity contribution >= 4 is 11.8 Å². The molecular weight excluding hydrogens is 170 g/mol. The van der Waals surface area contributed by atoms with E-state index in [4.69, 9.17) is 4.74 Å². The van der Waals surface area contributed by atoms with Crippen LogP contribution in [0.2, 0.25) is 0 Å². The van der Waals surface area contributed by atoms with E-state index in [1.165, 1.54) is 24.3 Å². The molecule has 12 heavy (non-hydrogen) atoms. The summed E-state index contributed by atoms with van der Waals surface area (Å²) in [6, 6.07) is 0.754. The number of allylic oxidation sites excluding steroid dienone is 1. The first kappa shape index (κ1) is 8.45. The second-order valence-electron chi connectivity index (χ2n) is 3.35. The lowest BCUT2D eigenvalue weighted by molar-refractivity contribution is 0.120. The third-order valence-corrected chi connectivity index (χ3v) is 3.57. The predicted octanol–water partition coefficient (Wildman–Crippen LogP) is 1.38. The van der Waals surface area contributed by atoms with Crippen molar-refractivity contribution in [2.24, 2.45) is 0 Å². The largest absolute Gasteiger partial charge is 0.497 e. The van der Waals surface area contributed by atoms with Gasteiger partial charge in [-0.1, -0.05) is 0 Å². The Hall–Kier alpha value is -0.150. The van der Waals surface area contributed by atoms with Gasteiger partial charge in [0.05, 0.1) is 6.26 Å².